The van der Waals surface area contributed by atoms with Gasteiger partial charge in [-0.3, -0.25) is 13.9 Å². The maximum Gasteiger partial charge on any atom is 0.243 e. The van der Waals surface area contributed by atoms with E-state index in [0.717, 1.165) is 16.1 Å². The van der Waals surface area contributed by atoms with E-state index in [1.54, 1.807) is 25.1 Å². The highest BCUT2D eigenvalue weighted by Crippen LogP contribution is 2.25. The summed E-state index contributed by atoms with van der Waals surface area (Å²) in [5.41, 5.74) is 1.79. The summed E-state index contributed by atoms with van der Waals surface area (Å²) < 4.78 is 39.5. The smallest absolute Gasteiger partial charge is 0.243 e. The number of amides is 2. The molecule has 3 aromatic carbocycles. The molecule has 3 aromatic rings. The van der Waals surface area contributed by atoms with E-state index in [1.807, 2.05) is 30.3 Å². The molecule has 0 aliphatic carbocycles. The quantitative estimate of drug-likeness (QED) is 0.280. The van der Waals surface area contributed by atoms with Crippen LogP contribution in [0.25, 0.3) is 0 Å². The second-order valence-electron chi connectivity index (χ2n) is 9.27. The fourth-order valence-electron chi connectivity index (χ4n) is 4.29. The molecule has 0 spiro atoms. The van der Waals surface area contributed by atoms with E-state index in [4.69, 9.17) is 23.2 Å². The van der Waals surface area contributed by atoms with Gasteiger partial charge in [-0.25, -0.2) is 12.8 Å². The first-order valence-electron chi connectivity index (χ1n) is 12.8. The number of hydrogen-bond acceptors (Lipinski definition) is 4. The van der Waals surface area contributed by atoms with Gasteiger partial charge in [0.05, 0.1) is 11.9 Å². The summed E-state index contributed by atoms with van der Waals surface area (Å²) in [6.07, 6.45) is 1.46. The van der Waals surface area contributed by atoms with Gasteiger partial charge in [0, 0.05) is 42.5 Å². The van der Waals surface area contributed by atoms with Crippen molar-refractivity contribution >= 4 is 50.7 Å². The van der Waals surface area contributed by atoms with Crippen molar-refractivity contribution in [2.75, 3.05) is 23.7 Å². The number of hydrogen-bond donors (Lipinski definition) is 1. The molecule has 7 nitrogen and oxygen atoms in total. The van der Waals surface area contributed by atoms with Crippen LogP contribution in [0, 0.1) is 5.82 Å². The Kier molecular flexibility index (Phi) is 11.4. The monoisotopic (exact) mass is 607 g/mol. The normalized spacial score (nSPS) is 12.0. The summed E-state index contributed by atoms with van der Waals surface area (Å²) in [4.78, 5) is 28.5. The van der Waals surface area contributed by atoms with Gasteiger partial charge in [-0.15, -0.1) is 0 Å². The first-order valence-corrected chi connectivity index (χ1v) is 15.4. The Labute approximate surface area is 244 Å². The van der Waals surface area contributed by atoms with Crippen LogP contribution in [0.4, 0.5) is 10.1 Å². The molecule has 3 rings (SSSR count). The maximum atomic E-state index is 13.7. The van der Waals surface area contributed by atoms with E-state index in [1.165, 1.54) is 29.2 Å². The lowest BCUT2D eigenvalue weighted by molar-refractivity contribution is -0.141. The minimum absolute atomic E-state index is 0.00372. The van der Waals surface area contributed by atoms with Gasteiger partial charge in [0.15, 0.2) is 0 Å². The molecule has 0 saturated carbocycles. The van der Waals surface area contributed by atoms with Gasteiger partial charge in [-0.05, 0) is 60.9 Å². The van der Waals surface area contributed by atoms with Crippen LogP contribution in [0.1, 0.15) is 30.9 Å². The van der Waals surface area contributed by atoms with Gasteiger partial charge in [-0.1, -0.05) is 59.6 Å². The van der Waals surface area contributed by atoms with E-state index >= 15 is 0 Å². The first-order chi connectivity index (χ1) is 19.0. The van der Waals surface area contributed by atoms with Crippen LogP contribution < -0.4 is 9.62 Å². The zero-order chi connectivity index (χ0) is 29.3. The fourth-order valence-corrected chi connectivity index (χ4v) is 5.72. The molecular weight excluding hydrogens is 576 g/mol. The molecule has 0 heterocycles. The van der Waals surface area contributed by atoms with Crippen LogP contribution in [0.3, 0.4) is 0 Å². The number of likely N-dealkylation sites (N-methyl/N-ethyl adjacent to an activating group) is 1. The van der Waals surface area contributed by atoms with Crippen LogP contribution in [-0.2, 0) is 32.6 Å². The average molecular weight is 609 g/mol. The fraction of sp³-hybridized carbons (Fsp3) is 0.310. The number of halogens is 3. The van der Waals surface area contributed by atoms with Gasteiger partial charge in [0.25, 0.3) is 0 Å². The first kappa shape index (κ1) is 31.4. The van der Waals surface area contributed by atoms with Gasteiger partial charge < -0.3 is 10.2 Å². The predicted molar refractivity (Wildman–Crippen MR) is 157 cm³/mol. The van der Waals surface area contributed by atoms with E-state index in [-0.39, 0.29) is 44.2 Å². The number of sulfonamides is 1. The highest BCUT2D eigenvalue weighted by Gasteiger charge is 2.30. The highest BCUT2D eigenvalue weighted by molar-refractivity contribution is 7.92. The molecule has 0 bridgehead atoms. The minimum atomic E-state index is -3.69. The topological polar surface area (TPSA) is 86.8 Å². The number of rotatable bonds is 13. The lowest BCUT2D eigenvalue weighted by Crippen LogP contribution is -2.50. The molecule has 1 atom stereocenters. The molecule has 2 amide bonds. The zero-order valence-electron chi connectivity index (χ0n) is 22.3. The molecule has 214 valence electrons. The van der Waals surface area contributed by atoms with Crippen molar-refractivity contribution in [1.82, 2.24) is 10.2 Å². The van der Waals surface area contributed by atoms with Crippen molar-refractivity contribution in [2.45, 2.75) is 38.8 Å². The largest absolute Gasteiger partial charge is 0.355 e. The molecule has 1 N–H and O–H groups in total. The third-order valence-corrected chi connectivity index (χ3v) is 8.03. The van der Waals surface area contributed by atoms with Crippen LogP contribution in [0.5, 0.6) is 0 Å². The van der Waals surface area contributed by atoms with Crippen LogP contribution >= 0.6 is 23.2 Å². The Morgan fingerprint density at radius 3 is 2.27 bits per heavy atom. The van der Waals surface area contributed by atoms with Gasteiger partial charge in [-0.2, -0.15) is 0 Å². The molecule has 11 heteroatoms. The number of nitrogens with zero attached hydrogens (tertiary/aromatic N) is 2. The van der Waals surface area contributed by atoms with Gasteiger partial charge in [0.1, 0.15) is 11.9 Å². The third kappa shape index (κ3) is 8.94. The predicted octanol–water partition coefficient (Wildman–Crippen LogP) is 5.45. The molecule has 0 saturated heterocycles. The van der Waals surface area contributed by atoms with Crippen LogP contribution in [0.15, 0.2) is 72.8 Å². The Balaban J connectivity index is 1.88. The average Bonchev–Trinajstić information content (AvgIpc) is 2.90. The summed E-state index contributed by atoms with van der Waals surface area (Å²) in [7, 11) is -3.69. The number of nitrogens with one attached hydrogen (secondary N) is 1. The molecule has 0 aromatic heterocycles. The third-order valence-electron chi connectivity index (χ3n) is 6.24. The Bertz CT molecular complexity index is 1410. The standard InChI is InChI=1S/C29H32Cl2FN3O4S/c1-3-33-29(37)27(18-21-8-5-4-6-9-21)34(20-22-11-12-23(30)19-26(22)31)28(36)10-7-17-35(40(2,38)39)25-15-13-24(32)14-16-25/h4-6,8-9,11-16,19,27H,3,7,10,17-18,20H2,1-2H3,(H,33,37)/t27-/m0/s1. The van der Waals surface area contributed by atoms with Crippen molar-refractivity contribution in [3.63, 3.8) is 0 Å². The van der Waals surface area contributed by atoms with E-state index in [2.05, 4.69) is 5.32 Å². The lowest BCUT2D eigenvalue weighted by atomic mass is 10.0. The molecule has 0 unspecified atom stereocenters. The summed E-state index contributed by atoms with van der Waals surface area (Å²) in [6.45, 7) is 2.23. The molecule has 40 heavy (non-hydrogen) atoms. The van der Waals surface area contributed by atoms with E-state index in [9.17, 15) is 22.4 Å². The summed E-state index contributed by atoms with van der Waals surface area (Å²) in [5, 5.41) is 3.63. The summed E-state index contributed by atoms with van der Waals surface area (Å²) in [5.74, 6) is -1.14. The summed E-state index contributed by atoms with van der Waals surface area (Å²) in [6, 6.07) is 18.6. The maximum absolute atomic E-state index is 13.7. The van der Waals surface area contributed by atoms with Crippen molar-refractivity contribution in [2.24, 2.45) is 0 Å². The Hall–Kier alpha value is -3.14. The van der Waals surface area contributed by atoms with Crippen LogP contribution in [0.2, 0.25) is 10.0 Å². The molecule has 0 aliphatic rings. The van der Waals surface area contributed by atoms with Crippen molar-refractivity contribution in [3.8, 4) is 0 Å². The zero-order valence-corrected chi connectivity index (χ0v) is 24.6. The number of benzene rings is 3. The number of carbonyl (C=O) groups is 2. The number of anilines is 1. The SMILES string of the molecule is CCNC(=O)[C@H](Cc1ccccc1)N(Cc1ccc(Cl)cc1Cl)C(=O)CCCN(c1ccc(F)cc1)S(C)(=O)=O. The molecule has 0 fully saturated rings. The molecule has 0 aliphatic heterocycles. The van der Waals surface area contributed by atoms with Crippen molar-refractivity contribution in [1.29, 1.82) is 0 Å². The minimum Gasteiger partial charge on any atom is -0.355 e. The Morgan fingerprint density at radius 2 is 1.68 bits per heavy atom. The second kappa shape index (κ2) is 14.5. The van der Waals surface area contributed by atoms with Gasteiger partial charge >= 0.3 is 0 Å². The molecule has 0 radical (unpaired) electrons. The molecular formula is C29H32Cl2FN3O4S. The van der Waals surface area contributed by atoms with E-state index in [0.29, 0.717) is 27.8 Å². The van der Waals surface area contributed by atoms with Gasteiger partial charge in [0.2, 0.25) is 21.8 Å². The van der Waals surface area contributed by atoms with Crippen LogP contribution in [-0.4, -0.2) is 50.5 Å². The second-order valence-corrected chi connectivity index (χ2v) is 12.0. The lowest BCUT2D eigenvalue weighted by Gasteiger charge is -2.32. The number of carbonyl (C=O) groups excluding carboxylic acids is 2. The summed E-state index contributed by atoms with van der Waals surface area (Å²) >= 11 is 12.5. The van der Waals surface area contributed by atoms with E-state index < -0.39 is 21.9 Å². The Morgan fingerprint density at radius 1 is 1.00 bits per heavy atom. The van der Waals surface area contributed by atoms with Crippen molar-refractivity contribution < 1.29 is 22.4 Å². The highest BCUT2D eigenvalue weighted by atomic mass is 35.5. The van der Waals surface area contributed by atoms with Crippen molar-refractivity contribution in [3.05, 3.63) is 99.8 Å².